The van der Waals surface area contributed by atoms with Gasteiger partial charge in [0.15, 0.2) is 11.5 Å². The fraction of sp³-hybridized carbons (Fsp3) is 0.600. The molecule has 5 heteroatoms. The number of rotatable bonds is 6. The van der Waals surface area contributed by atoms with Crippen molar-refractivity contribution in [2.75, 3.05) is 26.4 Å². The lowest BCUT2D eigenvalue weighted by Crippen LogP contribution is -2.51. The van der Waals surface area contributed by atoms with E-state index in [2.05, 4.69) is 5.32 Å². The number of ether oxygens (including phenoxy) is 2. The zero-order chi connectivity index (χ0) is 14.4. The number of benzene rings is 1. The van der Waals surface area contributed by atoms with Gasteiger partial charge in [-0.05, 0) is 37.5 Å². The van der Waals surface area contributed by atoms with E-state index in [9.17, 15) is 10.2 Å². The molecule has 3 N–H and O–H groups in total. The van der Waals surface area contributed by atoms with Crippen molar-refractivity contribution in [1.29, 1.82) is 0 Å². The molecule has 112 valence electrons. The molecule has 0 aliphatic carbocycles. The molecular weight excluding hydrogens is 258 g/mol. The van der Waals surface area contributed by atoms with Gasteiger partial charge in [0.25, 0.3) is 0 Å². The second kappa shape index (κ2) is 6.92. The van der Waals surface area contributed by atoms with Crippen molar-refractivity contribution >= 4 is 0 Å². The van der Waals surface area contributed by atoms with Gasteiger partial charge in [-0.2, -0.15) is 0 Å². The second-order valence-electron chi connectivity index (χ2n) is 5.14. The van der Waals surface area contributed by atoms with Gasteiger partial charge >= 0.3 is 0 Å². The lowest BCUT2D eigenvalue weighted by Gasteiger charge is -2.36. The smallest absolute Gasteiger partial charge is 0.161 e. The topological polar surface area (TPSA) is 71.0 Å². The van der Waals surface area contributed by atoms with Crippen LogP contribution in [0.5, 0.6) is 11.5 Å². The summed E-state index contributed by atoms with van der Waals surface area (Å²) in [5.74, 6) is 0.648. The van der Waals surface area contributed by atoms with E-state index in [0.29, 0.717) is 32.1 Å². The molecule has 0 saturated carbocycles. The molecule has 1 saturated heterocycles. The normalized spacial score (nSPS) is 17.9. The summed E-state index contributed by atoms with van der Waals surface area (Å²) in [6.07, 6.45) is 1.61. The predicted octanol–water partition coefficient (Wildman–Crippen LogP) is 1.42. The van der Waals surface area contributed by atoms with Crippen LogP contribution in [0.1, 0.15) is 25.3 Å². The van der Waals surface area contributed by atoms with Gasteiger partial charge in [0.05, 0.1) is 13.2 Å². The number of aliphatic hydroxyl groups is 1. The maximum atomic E-state index is 9.68. The second-order valence-corrected chi connectivity index (χ2v) is 5.14. The summed E-state index contributed by atoms with van der Waals surface area (Å²) in [7, 11) is 0. The number of hydrogen-bond donors (Lipinski definition) is 3. The first-order valence-electron chi connectivity index (χ1n) is 7.07. The third-order valence-electron chi connectivity index (χ3n) is 3.74. The SMILES string of the molecule is CCOc1cc(CNC2(CO)CCOCC2)ccc1O. The first kappa shape index (κ1) is 15.1. The summed E-state index contributed by atoms with van der Waals surface area (Å²) in [5, 5.41) is 22.7. The van der Waals surface area contributed by atoms with Gasteiger partial charge in [0.1, 0.15) is 0 Å². The molecule has 0 spiro atoms. The zero-order valence-corrected chi connectivity index (χ0v) is 11.9. The van der Waals surface area contributed by atoms with E-state index in [1.807, 2.05) is 19.1 Å². The van der Waals surface area contributed by atoms with Gasteiger partial charge in [0.2, 0.25) is 0 Å². The van der Waals surface area contributed by atoms with Crippen LogP contribution in [0.4, 0.5) is 0 Å². The van der Waals surface area contributed by atoms with Crippen molar-refractivity contribution in [2.24, 2.45) is 0 Å². The molecule has 2 rings (SSSR count). The number of aliphatic hydroxyl groups excluding tert-OH is 1. The maximum absolute atomic E-state index is 9.68. The lowest BCUT2D eigenvalue weighted by atomic mass is 9.90. The standard InChI is InChI=1S/C15H23NO4/c1-2-20-14-9-12(3-4-13(14)18)10-16-15(11-17)5-7-19-8-6-15/h3-4,9,16-18H,2,5-8,10-11H2,1H3. The van der Waals surface area contributed by atoms with Crippen molar-refractivity contribution < 1.29 is 19.7 Å². The Labute approximate surface area is 119 Å². The van der Waals surface area contributed by atoms with Gasteiger partial charge in [-0.3, -0.25) is 0 Å². The molecule has 1 aromatic rings. The van der Waals surface area contributed by atoms with Crippen LogP contribution >= 0.6 is 0 Å². The van der Waals surface area contributed by atoms with Gasteiger partial charge in [-0.15, -0.1) is 0 Å². The summed E-state index contributed by atoms with van der Waals surface area (Å²) in [4.78, 5) is 0. The summed E-state index contributed by atoms with van der Waals surface area (Å²) in [5.41, 5.74) is 0.757. The average Bonchev–Trinajstić information content (AvgIpc) is 2.49. The monoisotopic (exact) mass is 281 g/mol. The summed E-state index contributed by atoms with van der Waals surface area (Å²) in [6, 6.07) is 5.32. The van der Waals surface area contributed by atoms with Crippen molar-refractivity contribution in [3.8, 4) is 11.5 Å². The highest BCUT2D eigenvalue weighted by Crippen LogP contribution is 2.27. The minimum atomic E-state index is -0.262. The molecule has 1 heterocycles. The fourth-order valence-corrected chi connectivity index (χ4v) is 2.38. The third-order valence-corrected chi connectivity index (χ3v) is 3.74. The van der Waals surface area contributed by atoms with Crippen LogP contribution in [0.15, 0.2) is 18.2 Å². The summed E-state index contributed by atoms with van der Waals surface area (Å²) < 4.78 is 10.7. The number of aromatic hydroxyl groups is 1. The average molecular weight is 281 g/mol. The van der Waals surface area contributed by atoms with Crippen LogP contribution in [0.25, 0.3) is 0 Å². The third kappa shape index (κ3) is 3.62. The first-order chi connectivity index (χ1) is 9.69. The van der Waals surface area contributed by atoms with Crippen molar-refractivity contribution in [2.45, 2.75) is 31.8 Å². The molecule has 0 aromatic heterocycles. The fourth-order valence-electron chi connectivity index (χ4n) is 2.38. The number of hydrogen-bond acceptors (Lipinski definition) is 5. The van der Waals surface area contributed by atoms with Crippen molar-refractivity contribution in [3.05, 3.63) is 23.8 Å². The molecule has 1 aliphatic rings. The van der Waals surface area contributed by atoms with E-state index in [1.165, 1.54) is 0 Å². The van der Waals surface area contributed by atoms with E-state index in [-0.39, 0.29) is 17.9 Å². The van der Waals surface area contributed by atoms with Crippen molar-refractivity contribution in [3.63, 3.8) is 0 Å². The van der Waals surface area contributed by atoms with Gasteiger partial charge in [0, 0.05) is 25.3 Å². The van der Waals surface area contributed by atoms with Crippen LogP contribution in [0, 0.1) is 0 Å². The van der Waals surface area contributed by atoms with E-state index in [1.54, 1.807) is 6.07 Å². The summed E-state index contributed by atoms with van der Waals surface area (Å²) in [6.45, 7) is 4.48. The molecule has 0 unspecified atom stereocenters. The Kier molecular flexibility index (Phi) is 5.23. The van der Waals surface area contributed by atoms with Crippen LogP contribution in [-0.2, 0) is 11.3 Å². The van der Waals surface area contributed by atoms with Crippen molar-refractivity contribution in [1.82, 2.24) is 5.32 Å². The minimum Gasteiger partial charge on any atom is -0.504 e. The number of nitrogens with one attached hydrogen (secondary N) is 1. The molecule has 20 heavy (non-hydrogen) atoms. The molecule has 0 radical (unpaired) electrons. The molecule has 1 fully saturated rings. The Morgan fingerprint density at radius 3 is 2.75 bits per heavy atom. The van der Waals surface area contributed by atoms with E-state index in [4.69, 9.17) is 9.47 Å². The van der Waals surface area contributed by atoms with E-state index < -0.39 is 0 Å². The Morgan fingerprint density at radius 1 is 1.35 bits per heavy atom. The molecule has 0 amide bonds. The highest BCUT2D eigenvalue weighted by molar-refractivity contribution is 5.41. The molecule has 0 atom stereocenters. The highest BCUT2D eigenvalue weighted by atomic mass is 16.5. The Bertz CT molecular complexity index is 430. The molecule has 5 nitrogen and oxygen atoms in total. The van der Waals surface area contributed by atoms with Gasteiger partial charge < -0.3 is 25.0 Å². The van der Waals surface area contributed by atoms with Crippen LogP contribution in [-0.4, -0.2) is 42.2 Å². The quantitative estimate of drug-likeness (QED) is 0.735. The Balaban J connectivity index is 2.00. The Hall–Kier alpha value is -1.30. The van der Waals surface area contributed by atoms with Gasteiger partial charge in [-0.25, -0.2) is 0 Å². The number of phenolic OH excluding ortho intramolecular Hbond substituents is 1. The van der Waals surface area contributed by atoms with E-state index >= 15 is 0 Å². The summed E-state index contributed by atoms with van der Waals surface area (Å²) >= 11 is 0. The van der Waals surface area contributed by atoms with Gasteiger partial charge in [-0.1, -0.05) is 6.07 Å². The lowest BCUT2D eigenvalue weighted by molar-refractivity contribution is 0.0111. The largest absolute Gasteiger partial charge is 0.504 e. The zero-order valence-electron chi connectivity index (χ0n) is 11.9. The molecule has 1 aliphatic heterocycles. The molecule has 0 bridgehead atoms. The Morgan fingerprint density at radius 2 is 2.10 bits per heavy atom. The minimum absolute atomic E-state index is 0.104. The van der Waals surface area contributed by atoms with Crippen LogP contribution < -0.4 is 10.1 Å². The van der Waals surface area contributed by atoms with Crippen LogP contribution in [0.2, 0.25) is 0 Å². The van der Waals surface area contributed by atoms with Crippen LogP contribution in [0.3, 0.4) is 0 Å². The molecular formula is C15H23NO4. The first-order valence-corrected chi connectivity index (χ1v) is 7.07. The number of phenols is 1. The molecule has 1 aromatic carbocycles. The van der Waals surface area contributed by atoms with E-state index in [0.717, 1.165) is 18.4 Å². The maximum Gasteiger partial charge on any atom is 0.161 e. The highest BCUT2D eigenvalue weighted by Gasteiger charge is 2.31. The predicted molar refractivity (Wildman–Crippen MR) is 76.0 cm³/mol.